The van der Waals surface area contributed by atoms with Gasteiger partial charge in [-0.2, -0.15) is 0 Å². The minimum atomic E-state index is -4.48. The van der Waals surface area contributed by atoms with Gasteiger partial charge in [0, 0.05) is 0 Å². The number of rotatable bonds is 2. The van der Waals surface area contributed by atoms with E-state index in [9.17, 15) is 26.0 Å². The first kappa shape index (κ1) is 11.9. The molecule has 8 heteroatoms. The van der Waals surface area contributed by atoms with Crippen LogP contribution in [0.15, 0.2) is 17.0 Å². The van der Waals surface area contributed by atoms with Crippen LogP contribution in [0.25, 0.3) is 0 Å². The quantitative estimate of drug-likeness (QED) is 0.801. The number of hydrogen-bond acceptors (Lipinski definition) is 2. The molecule has 0 fully saturated rings. The Kier molecular flexibility index (Phi) is 3.00. The second kappa shape index (κ2) is 3.78. The summed E-state index contributed by atoms with van der Waals surface area (Å²) in [5.41, 5.74) is -1.60. The van der Waals surface area contributed by atoms with Crippen molar-refractivity contribution in [1.29, 1.82) is 0 Å². The minimum Gasteiger partial charge on any atom is -0.225 e. The second-order valence-corrected chi connectivity index (χ2v) is 4.15. The molecule has 3 nitrogen and oxygen atoms in total. The minimum absolute atomic E-state index is 0.421. The highest BCUT2D eigenvalue weighted by atomic mass is 32.2. The van der Waals surface area contributed by atoms with E-state index in [-0.39, 0.29) is 0 Å². The molecule has 0 radical (unpaired) electrons. The number of halogens is 4. The zero-order chi connectivity index (χ0) is 11.8. The van der Waals surface area contributed by atoms with Gasteiger partial charge < -0.3 is 0 Å². The zero-order valence-corrected chi connectivity index (χ0v) is 7.86. The fourth-order valence-corrected chi connectivity index (χ4v) is 1.59. The molecule has 0 saturated heterocycles. The van der Waals surface area contributed by atoms with Gasteiger partial charge in [-0.1, -0.05) is 0 Å². The van der Waals surface area contributed by atoms with Gasteiger partial charge in [0.2, 0.25) is 10.0 Å². The van der Waals surface area contributed by atoms with E-state index >= 15 is 0 Å². The Labute approximate surface area is 82.6 Å². The molecule has 0 heterocycles. The van der Waals surface area contributed by atoms with E-state index in [0.29, 0.717) is 12.1 Å². The lowest BCUT2D eigenvalue weighted by Crippen LogP contribution is -2.15. The fraction of sp³-hybridized carbons (Fsp3) is 0.143. The molecule has 0 unspecified atom stereocenters. The standard InChI is InChI=1S/C7H5F4NO2S/c8-3-1-2-4(15(12,13)14)6(9)5(3)7(10)11/h1-2,7H,(H2,12,13,14). The third kappa shape index (κ3) is 2.26. The average molecular weight is 243 g/mol. The predicted molar refractivity (Wildman–Crippen MR) is 42.7 cm³/mol. The number of benzene rings is 1. The summed E-state index contributed by atoms with van der Waals surface area (Å²) in [6.45, 7) is 0. The lowest BCUT2D eigenvalue weighted by molar-refractivity contribution is 0.140. The fourth-order valence-electron chi connectivity index (χ4n) is 0.969. The monoisotopic (exact) mass is 243 g/mol. The van der Waals surface area contributed by atoms with Gasteiger partial charge in [0.15, 0.2) is 5.82 Å². The molecule has 0 aliphatic carbocycles. The topological polar surface area (TPSA) is 60.2 Å². The van der Waals surface area contributed by atoms with Crippen LogP contribution in [0.5, 0.6) is 0 Å². The van der Waals surface area contributed by atoms with Crippen molar-refractivity contribution in [2.45, 2.75) is 11.3 Å². The van der Waals surface area contributed by atoms with Crippen LogP contribution in [0.2, 0.25) is 0 Å². The van der Waals surface area contributed by atoms with E-state index in [2.05, 4.69) is 5.14 Å². The molecule has 1 aromatic carbocycles. The van der Waals surface area contributed by atoms with Gasteiger partial charge in [-0.15, -0.1) is 0 Å². The lowest BCUT2D eigenvalue weighted by atomic mass is 10.2. The highest BCUT2D eigenvalue weighted by Crippen LogP contribution is 2.28. The molecule has 0 atom stereocenters. The molecular formula is C7H5F4NO2S. The predicted octanol–water partition coefficient (Wildman–Crippen LogP) is 1.55. The summed E-state index contributed by atoms with van der Waals surface area (Å²) < 4.78 is 71.5. The maximum Gasteiger partial charge on any atom is 0.269 e. The van der Waals surface area contributed by atoms with Crippen LogP contribution >= 0.6 is 0 Å². The van der Waals surface area contributed by atoms with Crippen molar-refractivity contribution >= 4 is 10.0 Å². The van der Waals surface area contributed by atoms with Crippen LogP contribution in [0.3, 0.4) is 0 Å². The van der Waals surface area contributed by atoms with Gasteiger partial charge in [0.1, 0.15) is 10.7 Å². The maximum atomic E-state index is 13.1. The second-order valence-electron chi connectivity index (χ2n) is 2.62. The lowest BCUT2D eigenvalue weighted by Gasteiger charge is -2.06. The highest BCUT2D eigenvalue weighted by molar-refractivity contribution is 7.89. The Bertz CT molecular complexity index is 486. The van der Waals surface area contributed by atoms with Gasteiger partial charge in [-0.25, -0.2) is 31.1 Å². The number of hydrogen-bond donors (Lipinski definition) is 1. The molecular weight excluding hydrogens is 238 g/mol. The third-order valence-electron chi connectivity index (χ3n) is 1.62. The summed E-state index contributed by atoms with van der Waals surface area (Å²) in [7, 11) is -4.48. The van der Waals surface area contributed by atoms with Gasteiger partial charge in [-0.05, 0) is 12.1 Å². The SMILES string of the molecule is NS(=O)(=O)c1ccc(F)c(C(F)F)c1F. The Balaban J connectivity index is 3.56. The van der Waals surface area contributed by atoms with Gasteiger partial charge in [-0.3, -0.25) is 0 Å². The molecule has 0 saturated carbocycles. The van der Waals surface area contributed by atoms with E-state index in [4.69, 9.17) is 0 Å². The van der Waals surface area contributed by atoms with Crippen molar-refractivity contribution in [2.24, 2.45) is 5.14 Å². The van der Waals surface area contributed by atoms with Crippen LogP contribution in [0.4, 0.5) is 17.6 Å². The van der Waals surface area contributed by atoms with Gasteiger partial charge in [0.05, 0.1) is 5.56 Å². The Hall–Kier alpha value is -1.15. The van der Waals surface area contributed by atoms with Crippen LogP contribution in [0.1, 0.15) is 12.0 Å². The molecule has 15 heavy (non-hydrogen) atoms. The summed E-state index contributed by atoms with van der Waals surface area (Å²) in [5.74, 6) is -3.37. The maximum absolute atomic E-state index is 13.1. The third-order valence-corrected chi connectivity index (χ3v) is 2.54. The Morgan fingerprint density at radius 1 is 1.20 bits per heavy atom. The molecule has 0 bridgehead atoms. The molecule has 0 aromatic heterocycles. The molecule has 0 aliphatic heterocycles. The molecule has 0 aliphatic rings. The highest BCUT2D eigenvalue weighted by Gasteiger charge is 2.25. The van der Waals surface area contributed by atoms with Crippen molar-refractivity contribution in [3.63, 3.8) is 0 Å². The zero-order valence-electron chi connectivity index (χ0n) is 7.05. The molecule has 2 N–H and O–H groups in total. The molecule has 84 valence electrons. The number of alkyl halides is 2. The summed E-state index contributed by atoms with van der Waals surface area (Å²) >= 11 is 0. The van der Waals surface area contributed by atoms with Crippen molar-refractivity contribution in [3.05, 3.63) is 29.3 Å². The largest absolute Gasteiger partial charge is 0.269 e. The normalized spacial score (nSPS) is 12.1. The van der Waals surface area contributed by atoms with E-state index in [1.54, 1.807) is 0 Å². The summed E-state index contributed by atoms with van der Waals surface area (Å²) in [4.78, 5) is -1.15. The first-order chi connectivity index (χ1) is 6.75. The van der Waals surface area contributed by atoms with Crippen molar-refractivity contribution < 1.29 is 26.0 Å². The van der Waals surface area contributed by atoms with Crippen LogP contribution in [-0.2, 0) is 10.0 Å². The summed E-state index contributed by atoms with van der Waals surface area (Å²) in [6, 6.07) is 0.913. The van der Waals surface area contributed by atoms with Crippen LogP contribution in [-0.4, -0.2) is 8.42 Å². The molecule has 0 spiro atoms. The van der Waals surface area contributed by atoms with Crippen molar-refractivity contribution in [1.82, 2.24) is 0 Å². The Morgan fingerprint density at radius 3 is 2.13 bits per heavy atom. The van der Waals surface area contributed by atoms with Gasteiger partial charge in [0.25, 0.3) is 6.43 Å². The number of primary sulfonamides is 1. The average Bonchev–Trinajstić information content (AvgIpc) is 2.00. The van der Waals surface area contributed by atoms with E-state index in [1.165, 1.54) is 0 Å². The van der Waals surface area contributed by atoms with Gasteiger partial charge >= 0.3 is 0 Å². The molecule has 0 amide bonds. The number of sulfonamides is 1. The van der Waals surface area contributed by atoms with Crippen LogP contribution < -0.4 is 5.14 Å². The van der Waals surface area contributed by atoms with E-state index < -0.39 is 38.5 Å². The summed E-state index contributed by atoms with van der Waals surface area (Å²) in [6.07, 6.45) is -3.45. The van der Waals surface area contributed by atoms with Crippen LogP contribution in [0, 0.1) is 11.6 Å². The first-order valence-corrected chi connectivity index (χ1v) is 5.08. The molecule has 1 rings (SSSR count). The van der Waals surface area contributed by atoms with Crippen molar-refractivity contribution in [3.8, 4) is 0 Å². The van der Waals surface area contributed by atoms with Crippen molar-refractivity contribution in [2.75, 3.05) is 0 Å². The Morgan fingerprint density at radius 2 is 1.73 bits per heavy atom. The van der Waals surface area contributed by atoms with E-state index in [0.717, 1.165) is 0 Å². The smallest absolute Gasteiger partial charge is 0.225 e. The van der Waals surface area contributed by atoms with E-state index in [1.807, 2.05) is 0 Å². The number of nitrogens with two attached hydrogens (primary N) is 1. The summed E-state index contributed by atoms with van der Waals surface area (Å²) in [5, 5.41) is 4.54. The molecule has 1 aromatic rings. The first-order valence-electron chi connectivity index (χ1n) is 3.54.